The van der Waals surface area contributed by atoms with E-state index in [1.807, 2.05) is 29.4 Å². The summed E-state index contributed by atoms with van der Waals surface area (Å²) in [5.74, 6) is 11.8. The molecule has 2 aliphatic rings. The minimum atomic E-state index is -2.38. The van der Waals surface area contributed by atoms with Gasteiger partial charge in [-0.1, -0.05) is 48.0 Å². The van der Waals surface area contributed by atoms with E-state index in [4.69, 9.17) is 84.8 Å². The second-order valence-corrected chi connectivity index (χ2v) is 12.6. The van der Waals surface area contributed by atoms with E-state index in [1.54, 1.807) is 24.3 Å². The molecule has 0 aromatic carbocycles. The third-order valence-corrected chi connectivity index (χ3v) is 10.4. The van der Waals surface area contributed by atoms with Gasteiger partial charge in [0.25, 0.3) is 0 Å². The van der Waals surface area contributed by atoms with Crippen LogP contribution in [0.25, 0.3) is 0 Å². The Bertz CT molecular complexity index is 943. The molecule has 2 fully saturated rings. The zero-order valence-electron chi connectivity index (χ0n) is 23.3. The van der Waals surface area contributed by atoms with Gasteiger partial charge < -0.3 is 0 Å². The van der Waals surface area contributed by atoms with Crippen molar-refractivity contribution in [1.82, 2.24) is 29.4 Å². The van der Waals surface area contributed by atoms with E-state index in [0.717, 1.165) is 0 Å². The highest BCUT2D eigenvalue weighted by Crippen LogP contribution is 2.32. The molecule has 0 aromatic rings. The van der Waals surface area contributed by atoms with Gasteiger partial charge in [-0.3, -0.25) is 19.6 Å². The first-order valence-corrected chi connectivity index (χ1v) is 17.0. The van der Waals surface area contributed by atoms with Gasteiger partial charge in [-0.15, -0.1) is 111 Å². The van der Waals surface area contributed by atoms with E-state index < -0.39 is 8.25 Å². The molecule has 0 N–H and O–H groups in total. The Kier molecular flexibility index (Phi) is 18.3. The summed E-state index contributed by atoms with van der Waals surface area (Å²) in [6, 6.07) is 0. The van der Waals surface area contributed by atoms with Crippen LogP contribution in [0.5, 0.6) is 0 Å². The maximum Gasteiger partial charge on any atom is 0.699 e. The highest BCUT2D eigenvalue weighted by Gasteiger charge is 2.42. The van der Waals surface area contributed by atoms with E-state index in [-0.39, 0.29) is 46.2 Å². The maximum atomic E-state index is 12.1. The summed E-state index contributed by atoms with van der Waals surface area (Å²) in [5.41, 5.74) is -1.53. The molecule has 9 nitrogen and oxygen atoms in total. The molecule has 0 bridgehead atoms. The van der Waals surface area contributed by atoms with E-state index in [2.05, 4.69) is 50.0 Å². The second-order valence-electron chi connectivity index (χ2n) is 8.84. The third-order valence-electron chi connectivity index (χ3n) is 6.18. The molecule has 2 aliphatic heterocycles. The van der Waals surface area contributed by atoms with Gasteiger partial charge in [0.1, 0.15) is 33.0 Å². The fourth-order valence-corrected chi connectivity index (χ4v) is 7.78. The largest absolute Gasteiger partial charge is 0.699 e. The summed E-state index contributed by atoms with van der Waals surface area (Å²) in [6.07, 6.45) is 7.19. The average molecular weight is 708 g/mol. The Morgan fingerprint density at radius 3 is 1.05 bits per heavy atom. The lowest BCUT2D eigenvalue weighted by Crippen LogP contribution is -2.66. The summed E-state index contributed by atoms with van der Waals surface area (Å²) in [5, 5.41) is 0. The average Bonchev–Trinajstić information content (AvgIpc) is 2.96. The van der Waals surface area contributed by atoms with Crippen molar-refractivity contribution in [1.29, 1.82) is 0 Å². The number of nitrogens with zero attached hydrogens (tertiary/aromatic N) is 6. The van der Waals surface area contributed by atoms with Crippen LogP contribution in [-0.4, -0.2) is 115 Å². The molecule has 0 aliphatic carbocycles. The van der Waals surface area contributed by atoms with Crippen molar-refractivity contribution in [3.8, 4) is 23.7 Å². The van der Waals surface area contributed by atoms with E-state index in [1.165, 1.54) is 0 Å². The summed E-state index contributed by atoms with van der Waals surface area (Å²) < 4.78 is 22.5. The first kappa shape index (κ1) is 38.1. The predicted octanol–water partition coefficient (Wildman–Crippen LogP) is 3.55. The van der Waals surface area contributed by atoms with Crippen molar-refractivity contribution in [2.75, 3.05) is 52.5 Å². The first-order chi connectivity index (χ1) is 20.1. The van der Waals surface area contributed by atoms with Crippen LogP contribution in [0.2, 0.25) is 0 Å². The molecule has 0 radical (unpaired) electrons. The van der Waals surface area contributed by atoms with Gasteiger partial charge in [0, 0.05) is 30.7 Å². The molecule has 0 amide bonds. The van der Waals surface area contributed by atoms with Gasteiger partial charge in [0.05, 0.1) is 13.1 Å². The Morgan fingerprint density at radius 2 is 0.786 bits per heavy atom. The fourth-order valence-electron chi connectivity index (χ4n) is 4.14. The molecule has 0 aromatic heterocycles. The standard InChI is InChI=1S/C26H39N6O3PS6/c1-5-13-27-21(37)28(14-6-2)24(40)31(23(27)39)17-9-11-19-34-36(33)35-20-12-10-18-32-25(41)29(15-7-3)22(38)30(16-8-4)26(32)42/h5-8,21-26H,1-4,13-20H2,(H5-,37,38,39,40,41,42)/p+1. The molecule has 4 unspecified atom stereocenters. The van der Waals surface area contributed by atoms with Crippen molar-refractivity contribution < 1.29 is 13.6 Å². The number of thiol groups is 6. The number of hydrogen-bond donors (Lipinski definition) is 6. The molecule has 2 rings (SSSR count). The molecule has 0 saturated carbocycles. The summed E-state index contributed by atoms with van der Waals surface area (Å²) in [4.78, 5) is 12.2. The summed E-state index contributed by atoms with van der Waals surface area (Å²) in [6.45, 7) is 18.2. The van der Waals surface area contributed by atoms with Gasteiger partial charge in [-0.25, -0.2) is 9.80 Å². The number of rotatable bonds is 14. The van der Waals surface area contributed by atoms with Crippen molar-refractivity contribution in [3.05, 3.63) is 50.6 Å². The molecule has 42 heavy (non-hydrogen) atoms. The minimum absolute atomic E-state index is 0.0630. The summed E-state index contributed by atoms with van der Waals surface area (Å²) in [7, 11) is -2.38. The van der Waals surface area contributed by atoms with Gasteiger partial charge in [-0.2, -0.15) is 0 Å². The maximum absolute atomic E-state index is 12.1. The molecular formula is C26H40N6O3PS6+. The van der Waals surface area contributed by atoms with E-state index >= 15 is 0 Å². The zero-order chi connectivity index (χ0) is 31.2. The van der Waals surface area contributed by atoms with Gasteiger partial charge in [-0.05, 0) is 0 Å². The minimum Gasteiger partial charge on any atom is -0.251 e. The molecule has 232 valence electrons. The Labute approximate surface area is 285 Å². The van der Waals surface area contributed by atoms with Crippen LogP contribution in [0.1, 0.15) is 0 Å². The second kappa shape index (κ2) is 20.2. The lowest BCUT2D eigenvalue weighted by atomic mass is 10.4. The smallest absolute Gasteiger partial charge is 0.251 e. The predicted molar refractivity (Wildman–Crippen MR) is 193 cm³/mol. The topological polar surface area (TPSA) is 55.0 Å². The monoisotopic (exact) mass is 707 g/mol. The third kappa shape index (κ3) is 10.5. The van der Waals surface area contributed by atoms with Crippen molar-refractivity contribution in [2.45, 2.75) is 33.0 Å². The Hall–Kier alpha value is -0.0400. The van der Waals surface area contributed by atoms with Crippen LogP contribution >= 0.6 is 84.0 Å². The zero-order valence-corrected chi connectivity index (χ0v) is 29.6. The number of hydrogen-bond acceptors (Lipinski definition) is 15. The first-order valence-electron chi connectivity index (χ1n) is 12.9. The normalized spacial score (nSPS) is 28.7. The van der Waals surface area contributed by atoms with E-state index in [9.17, 15) is 4.57 Å². The van der Waals surface area contributed by atoms with Crippen molar-refractivity contribution in [3.63, 3.8) is 0 Å². The molecule has 2 saturated heterocycles. The van der Waals surface area contributed by atoms with Gasteiger partial charge >= 0.3 is 8.25 Å². The van der Waals surface area contributed by atoms with Crippen LogP contribution < -0.4 is 0 Å². The Morgan fingerprint density at radius 1 is 0.524 bits per heavy atom. The lowest BCUT2D eigenvalue weighted by molar-refractivity contribution is -0.0584. The van der Waals surface area contributed by atoms with Crippen LogP contribution in [-0.2, 0) is 13.6 Å². The van der Waals surface area contributed by atoms with Crippen LogP contribution in [0.3, 0.4) is 0 Å². The van der Waals surface area contributed by atoms with Crippen LogP contribution in [0.4, 0.5) is 0 Å². The van der Waals surface area contributed by atoms with Crippen molar-refractivity contribution in [2.24, 2.45) is 0 Å². The Balaban J connectivity index is 1.83. The lowest BCUT2D eigenvalue weighted by Gasteiger charge is -2.52. The highest BCUT2D eigenvalue weighted by atomic mass is 32.1. The fraction of sp³-hybridized carbons (Fsp3) is 0.538. The van der Waals surface area contributed by atoms with Gasteiger partial charge in [0.15, 0.2) is 13.2 Å². The molecule has 0 spiro atoms. The van der Waals surface area contributed by atoms with Crippen LogP contribution in [0, 0.1) is 23.7 Å². The molecule has 16 heteroatoms. The van der Waals surface area contributed by atoms with Crippen LogP contribution in [0.15, 0.2) is 50.6 Å². The molecule has 4 atom stereocenters. The SMILES string of the molecule is C=CCN1C(S)N(CC#CCO[P+](=O)OCC#CCN2C(S)N(CC=C)C(S)N(CC=C)C2S)C(S)N(CC=C)C1S. The van der Waals surface area contributed by atoms with Gasteiger partial charge in [0.2, 0.25) is 0 Å². The van der Waals surface area contributed by atoms with E-state index in [0.29, 0.717) is 39.3 Å². The summed E-state index contributed by atoms with van der Waals surface area (Å²) >= 11 is 28.4. The molecule has 2 heterocycles. The quantitative estimate of drug-likeness (QED) is 0.0706. The molecular weight excluding hydrogens is 668 g/mol. The highest BCUT2D eigenvalue weighted by molar-refractivity contribution is 7.83. The van der Waals surface area contributed by atoms with Crippen molar-refractivity contribution >= 4 is 84.0 Å².